The van der Waals surface area contributed by atoms with Crippen molar-refractivity contribution in [3.63, 3.8) is 0 Å². The van der Waals surface area contributed by atoms with Crippen molar-refractivity contribution in [2.75, 3.05) is 31.3 Å². The van der Waals surface area contributed by atoms with Crippen molar-refractivity contribution in [1.29, 1.82) is 0 Å². The molecule has 3 N–H and O–H groups in total. The van der Waals surface area contributed by atoms with Gasteiger partial charge in [0.05, 0.1) is 5.69 Å². The number of aromatic nitrogens is 2. The number of hydrogen-bond acceptors (Lipinski definition) is 6. The minimum Gasteiger partial charge on any atom is -0.333 e. The Kier molecular flexibility index (Phi) is 7.29. The van der Waals surface area contributed by atoms with Gasteiger partial charge in [-0.2, -0.15) is 0 Å². The molecule has 1 atom stereocenters. The molecule has 0 aliphatic rings. The predicted molar refractivity (Wildman–Crippen MR) is 122 cm³/mol. The van der Waals surface area contributed by atoms with E-state index in [1.54, 1.807) is 18.3 Å². The van der Waals surface area contributed by atoms with Gasteiger partial charge in [0.15, 0.2) is 0 Å². The summed E-state index contributed by atoms with van der Waals surface area (Å²) in [5.41, 5.74) is 2.92. The van der Waals surface area contributed by atoms with Gasteiger partial charge in [-0.1, -0.05) is 30.3 Å². The minimum absolute atomic E-state index is 0.120. The molecule has 0 spiro atoms. The molecule has 1 aromatic heterocycles. The van der Waals surface area contributed by atoms with Gasteiger partial charge >= 0.3 is 0 Å². The van der Waals surface area contributed by atoms with E-state index >= 15 is 0 Å². The van der Waals surface area contributed by atoms with Crippen LogP contribution in [0.3, 0.4) is 0 Å². The van der Waals surface area contributed by atoms with Crippen LogP contribution in [0, 0.1) is 0 Å². The third kappa shape index (κ3) is 6.61. The van der Waals surface area contributed by atoms with Gasteiger partial charge in [0.1, 0.15) is 6.17 Å². The Hall–Kier alpha value is -3.78. The van der Waals surface area contributed by atoms with Gasteiger partial charge in [-0.15, -0.1) is 0 Å². The van der Waals surface area contributed by atoms with Crippen molar-refractivity contribution in [2.24, 2.45) is 0 Å². The number of likely N-dealkylation sites (N-methyl/N-ethyl adjacent to an activating group) is 1. The van der Waals surface area contributed by atoms with Gasteiger partial charge in [0.2, 0.25) is 11.9 Å². The standard InChI is InChI=1S/C23H26N6O2/c1-16(30)25-19-11-9-17(10-12-19)20-13-14-24-23(26-20)28-21(15-29(2)3)27-22(31)18-7-5-4-6-8-18/h4-14,21H,15H2,1-3H3,(H,25,30)(H,27,31)(H,24,26,28). The van der Waals surface area contributed by atoms with Crippen LogP contribution < -0.4 is 16.0 Å². The number of amides is 2. The molecule has 8 heteroatoms. The summed E-state index contributed by atoms with van der Waals surface area (Å²) in [6.45, 7) is 2.02. The average Bonchev–Trinajstić information content (AvgIpc) is 2.74. The van der Waals surface area contributed by atoms with Gasteiger partial charge in [0, 0.05) is 36.5 Å². The normalized spacial score (nSPS) is 11.6. The largest absolute Gasteiger partial charge is 0.333 e. The lowest BCUT2D eigenvalue weighted by Crippen LogP contribution is -2.47. The van der Waals surface area contributed by atoms with E-state index in [1.807, 2.05) is 67.5 Å². The van der Waals surface area contributed by atoms with E-state index in [4.69, 9.17) is 0 Å². The van der Waals surface area contributed by atoms with Crippen LogP contribution in [-0.4, -0.2) is 53.5 Å². The number of nitrogens with one attached hydrogen (secondary N) is 3. The van der Waals surface area contributed by atoms with Crippen molar-refractivity contribution in [2.45, 2.75) is 13.1 Å². The smallest absolute Gasteiger partial charge is 0.252 e. The molecule has 31 heavy (non-hydrogen) atoms. The summed E-state index contributed by atoms with van der Waals surface area (Å²) in [5, 5.41) is 8.93. The first kappa shape index (κ1) is 21.9. The molecular weight excluding hydrogens is 392 g/mol. The summed E-state index contributed by atoms with van der Waals surface area (Å²) in [4.78, 5) is 34.6. The molecular formula is C23H26N6O2. The predicted octanol–water partition coefficient (Wildman–Crippen LogP) is 2.83. The fraction of sp³-hybridized carbons (Fsp3) is 0.217. The number of carbonyl (C=O) groups excluding carboxylic acids is 2. The number of anilines is 2. The molecule has 3 rings (SSSR count). The van der Waals surface area contributed by atoms with Crippen LogP contribution in [0.2, 0.25) is 0 Å². The summed E-state index contributed by atoms with van der Waals surface area (Å²) in [6.07, 6.45) is 1.28. The second-order valence-corrected chi connectivity index (χ2v) is 7.32. The minimum atomic E-state index is -0.389. The van der Waals surface area contributed by atoms with Crippen molar-refractivity contribution >= 4 is 23.5 Å². The number of hydrogen-bond donors (Lipinski definition) is 3. The van der Waals surface area contributed by atoms with Crippen LogP contribution in [0.1, 0.15) is 17.3 Å². The Labute approximate surface area is 181 Å². The van der Waals surface area contributed by atoms with E-state index in [9.17, 15) is 9.59 Å². The lowest BCUT2D eigenvalue weighted by molar-refractivity contribution is -0.114. The van der Waals surface area contributed by atoms with Gasteiger partial charge in [-0.05, 0) is 44.4 Å². The third-order valence-corrected chi connectivity index (χ3v) is 4.35. The quantitative estimate of drug-likeness (QED) is 0.487. The summed E-state index contributed by atoms with van der Waals surface area (Å²) >= 11 is 0. The van der Waals surface area contributed by atoms with E-state index in [2.05, 4.69) is 25.9 Å². The SMILES string of the molecule is CC(=O)Nc1ccc(-c2ccnc(NC(CN(C)C)NC(=O)c3ccccc3)n2)cc1. The zero-order valence-electron chi connectivity index (χ0n) is 17.8. The first-order valence-corrected chi connectivity index (χ1v) is 9.89. The molecule has 0 radical (unpaired) electrons. The number of nitrogens with zero attached hydrogens (tertiary/aromatic N) is 3. The third-order valence-electron chi connectivity index (χ3n) is 4.35. The van der Waals surface area contributed by atoms with Crippen molar-refractivity contribution in [1.82, 2.24) is 20.2 Å². The number of carbonyl (C=O) groups is 2. The highest BCUT2D eigenvalue weighted by molar-refractivity contribution is 5.94. The average molecular weight is 419 g/mol. The van der Waals surface area contributed by atoms with Crippen molar-refractivity contribution in [3.8, 4) is 11.3 Å². The zero-order chi connectivity index (χ0) is 22.2. The van der Waals surface area contributed by atoms with Crippen LogP contribution in [0.15, 0.2) is 66.9 Å². The lowest BCUT2D eigenvalue weighted by atomic mass is 10.1. The first-order chi connectivity index (χ1) is 14.9. The maximum atomic E-state index is 12.6. The fourth-order valence-corrected chi connectivity index (χ4v) is 3.00. The topological polar surface area (TPSA) is 99.3 Å². The van der Waals surface area contributed by atoms with Gasteiger partial charge in [-0.25, -0.2) is 9.97 Å². The summed E-state index contributed by atoms with van der Waals surface area (Å²) in [5.74, 6) is 0.110. The molecule has 1 heterocycles. The zero-order valence-corrected chi connectivity index (χ0v) is 17.8. The van der Waals surface area contributed by atoms with Crippen LogP contribution in [0.5, 0.6) is 0 Å². The van der Waals surface area contributed by atoms with E-state index in [1.165, 1.54) is 6.92 Å². The molecule has 2 amide bonds. The van der Waals surface area contributed by atoms with Gasteiger partial charge in [0.25, 0.3) is 5.91 Å². The highest BCUT2D eigenvalue weighted by Gasteiger charge is 2.16. The highest BCUT2D eigenvalue weighted by atomic mass is 16.2. The van der Waals surface area contributed by atoms with Crippen LogP contribution in [0.4, 0.5) is 11.6 Å². The summed E-state index contributed by atoms with van der Waals surface area (Å²) in [7, 11) is 3.86. The molecule has 0 saturated carbocycles. The highest BCUT2D eigenvalue weighted by Crippen LogP contribution is 2.20. The Morgan fingerprint density at radius 3 is 2.35 bits per heavy atom. The number of rotatable bonds is 8. The van der Waals surface area contributed by atoms with Crippen LogP contribution >= 0.6 is 0 Å². The molecule has 3 aromatic rings. The van der Waals surface area contributed by atoms with Crippen molar-refractivity contribution < 1.29 is 9.59 Å². The first-order valence-electron chi connectivity index (χ1n) is 9.89. The Bertz CT molecular complexity index is 1020. The molecule has 0 aliphatic carbocycles. The molecule has 0 bridgehead atoms. The van der Waals surface area contributed by atoms with Crippen LogP contribution in [-0.2, 0) is 4.79 Å². The molecule has 8 nitrogen and oxygen atoms in total. The monoisotopic (exact) mass is 418 g/mol. The fourth-order valence-electron chi connectivity index (χ4n) is 3.00. The lowest BCUT2D eigenvalue weighted by Gasteiger charge is -2.23. The van der Waals surface area contributed by atoms with E-state index < -0.39 is 0 Å². The van der Waals surface area contributed by atoms with Gasteiger partial charge < -0.3 is 20.9 Å². The second-order valence-electron chi connectivity index (χ2n) is 7.32. The van der Waals surface area contributed by atoms with E-state index in [0.29, 0.717) is 18.1 Å². The maximum Gasteiger partial charge on any atom is 0.252 e. The van der Waals surface area contributed by atoms with Crippen molar-refractivity contribution in [3.05, 3.63) is 72.4 Å². The number of benzene rings is 2. The molecule has 160 valence electrons. The Morgan fingerprint density at radius 1 is 1.00 bits per heavy atom. The summed E-state index contributed by atoms with van der Waals surface area (Å²) in [6, 6.07) is 18.3. The second kappa shape index (κ2) is 10.3. The molecule has 1 unspecified atom stereocenters. The molecule has 0 saturated heterocycles. The van der Waals surface area contributed by atoms with E-state index in [-0.39, 0.29) is 18.0 Å². The molecule has 2 aromatic carbocycles. The molecule has 0 aliphatic heterocycles. The van der Waals surface area contributed by atoms with Crippen LogP contribution in [0.25, 0.3) is 11.3 Å². The Balaban J connectivity index is 1.74. The Morgan fingerprint density at radius 2 is 1.71 bits per heavy atom. The van der Waals surface area contributed by atoms with Gasteiger partial charge in [-0.3, -0.25) is 9.59 Å². The summed E-state index contributed by atoms with van der Waals surface area (Å²) < 4.78 is 0. The maximum absolute atomic E-state index is 12.6. The van der Waals surface area contributed by atoms with E-state index in [0.717, 1.165) is 16.9 Å². The molecule has 0 fully saturated rings.